The van der Waals surface area contributed by atoms with Crippen LogP contribution in [0.4, 0.5) is 0 Å². The lowest BCUT2D eigenvalue weighted by Crippen LogP contribution is -2.15. The average Bonchev–Trinajstić information content (AvgIpc) is 4.19. The minimum Gasteiger partial charge on any atom is -0.484 e. The van der Waals surface area contributed by atoms with E-state index in [1.807, 2.05) is 0 Å². The maximum atomic E-state index is 6.89. The van der Waals surface area contributed by atoms with Gasteiger partial charge in [0.2, 0.25) is 0 Å². The first-order valence-corrected chi connectivity index (χ1v) is 25.3. The number of benzene rings is 9. The van der Waals surface area contributed by atoms with Crippen molar-refractivity contribution in [2.75, 3.05) is 0 Å². The summed E-state index contributed by atoms with van der Waals surface area (Å²) in [4.78, 5) is 16.2. The Hall–Kier alpha value is -8.49. The van der Waals surface area contributed by atoms with Gasteiger partial charge in [-0.3, -0.25) is 0 Å². The Labute approximate surface area is 410 Å². The van der Waals surface area contributed by atoms with Gasteiger partial charge in [0.15, 0.2) is 17.5 Å². The zero-order valence-corrected chi connectivity index (χ0v) is 39.1. The Bertz CT molecular complexity index is 4160. The number of fused-ring (bicyclic) bond motifs is 13. The van der Waals surface area contributed by atoms with Crippen LogP contribution in [0.2, 0.25) is 0 Å². The number of rotatable bonds is 6. The van der Waals surface area contributed by atoms with Crippen molar-refractivity contribution in [1.29, 1.82) is 0 Å². The molecule has 2 aliphatic rings. The van der Waals surface area contributed by atoms with Crippen LogP contribution in [0.5, 0.6) is 5.75 Å². The van der Waals surface area contributed by atoms with Gasteiger partial charge in [-0.1, -0.05) is 164 Å². The maximum Gasteiger partial charge on any atom is 0.164 e. The molecule has 7 heteroatoms. The van der Waals surface area contributed by atoms with Crippen LogP contribution in [0.1, 0.15) is 11.5 Å². The van der Waals surface area contributed by atoms with Gasteiger partial charge in [0, 0.05) is 85.0 Å². The molecule has 13 aromatic rings. The predicted octanol–water partition coefficient (Wildman–Crippen LogP) is 17.0. The van der Waals surface area contributed by atoms with Gasteiger partial charge in [0.1, 0.15) is 11.9 Å². The van der Waals surface area contributed by atoms with E-state index in [1.165, 1.54) is 45.9 Å². The van der Waals surface area contributed by atoms with Crippen LogP contribution in [-0.4, -0.2) is 25.6 Å². The third kappa shape index (κ3) is 6.12. The van der Waals surface area contributed by atoms with Crippen molar-refractivity contribution in [2.45, 2.75) is 12.0 Å². The van der Waals surface area contributed by atoms with Crippen molar-refractivity contribution < 1.29 is 4.74 Å². The fourth-order valence-corrected chi connectivity index (χ4v) is 13.3. The molecule has 0 radical (unpaired) electrons. The second kappa shape index (κ2) is 15.5. The van der Waals surface area contributed by atoms with Crippen molar-refractivity contribution in [3.05, 3.63) is 224 Å². The number of para-hydroxylation sites is 1. The summed E-state index contributed by atoms with van der Waals surface area (Å²) in [5, 5.41) is 7.27. The first-order chi connectivity index (χ1) is 34.7. The molecule has 0 amide bonds. The van der Waals surface area contributed by atoms with Gasteiger partial charge in [-0.25, -0.2) is 15.0 Å². The van der Waals surface area contributed by atoms with E-state index in [1.54, 1.807) is 22.7 Å². The Kier molecular flexibility index (Phi) is 8.76. The Morgan fingerprint density at radius 1 is 0.400 bits per heavy atom. The third-order valence-electron chi connectivity index (χ3n) is 14.2. The molecule has 15 rings (SSSR count). The van der Waals surface area contributed by atoms with Crippen LogP contribution in [0.3, 0.4) is 0 Å². The SMILES string of the molecule is C1=CC2Oc3c(ccc4c3c3ccccc3n4-c3c(-c4ccccc4)cc(-c4nc(-c5ccc6c(c5)sc5ccccc56)nc(-c5ccc6c(c5)sc5ccccc56)n4)cc3-c3ccccc3)C2C=C1. The normalized spacial score (nSPS) is 15.1. The molecular weight excluding hydrogens is 893 g/mol. The van der Waals surface area contributed by atoms with E-state index in [0.29, 0.717) is 17.5 Å². The van der Waals surface area contributed by atoms with Gasteiger partial charge in [-0.05, 0) is 65.7 Å². The lowest BCUT2D eigenvalue weighted by atomic mass is 9.91. The van der Waals surface area contributed by atoms with Gasteiger partial charge in [0.05, 0.1) is 22.1 Å². The first-order valence-electron chi connectivity index (χ1n) is 23.7. The molecule has 0 fully saturated rings. The summed E-state index contributed by atoms with van der Waals surface area (Å²) < 4.78 is 14.3. The highest BCUT2D eigenvalue weighted by Crippen LogP contribution is 2.51. The van der Waals surface area contributed by atoms with Crippen LogP contribution in [-0.2, 0) is 0 Å². The van der Waals surface area contributed by atoms with Crippen LogP contribution in [0.25, 0.3) is 124 Å². The largest absolute Gasteiger partial charge is 0.484 e. The first kappa shape index (κ1) is 39.5. The van der Waals surface area contributed by atoms with Crippen LogP contribution in [0.15, 0.2) is 218 Å². The Morgan fingerprint density at radius 2 is 0.914 bits per heavy atom. The minimum absolute atomic E-state index is 0.0272. The van der Waals surface area contributed by atoms with Crippen molar-refractivity contribution in [3.63, 3.8) is 0 Å². The van der Waals surface area contributed by atoms with Crippen molar-refractivity contribution >= 4 is 84.8 Å². The van der Waals surface area contributed by atoms with E-state index >= 15 is 0 Å². The van der Waals surface area contributed by atoms with E-state index in [4.69, 9.17) is 19.7 Å². The zero-order valence-electron chi connectivity index (χ0n) is 37.5. The molecule has 0 N–H and O–H groups in total. The molecule has 0 saturated heterocycles. The summed E-state index contributed by atoms with van der Waals surface area (Å²) in [6, 6.07) is 69.9. The monoisotopic (exact) mass is 930 g/mol. The quantitative estimate of drug-likeness (QED) is 0.167. The van der Waals surface area contributed by atoms with Gasteiger partial charge < -0.3 is 9.30 Å². The standard InChI is InChI=1S/C63H38N4OS2/c1-3-15-37(16-4-1)49-33-41(34-50(38-17-5-2-6-18-38)59(49)67-51-23-11-7-22-48(51)58-52(67)32-31-47-42-19-8-12-24-53(42)68-60(47)58)63-65-61(39-27-29-45-43-20-9-13-25-54(43)69-56(45)35-39)64-62(66-63)40-28-30-46-44-21-10-14-26-55(44)70-57(46)36-40/h1-36,42,53H. The smallest absolute Gasteiger partial charge is 0.164 e. The number of ether oxygens (including phenoxy) is 1. The van der Waals surface area contributed by atoms with Gasteiger partial charge in [-0.2, -0.15) is 0 Å². The molecule has 0 bridgehead atoms. The second-order valence-electron chi connectivity index (χ2n) is 18.2. The molecule has 2 atom stereocenters. The zero-order chi connectivity index (χ0) is 45.9. The summed E-state index contributed by atoms with van der Waals surface area (Å²) in [6.45, 7) is 0. The number of nitrogens with zero attached hydrogens (tertiary/aromatic N) is 4. The van der Waals surface area contributed by atoms with Crippen molar-refractivity contribution in [2.24, 2.45) is 0 Å². The van der Waals surface area contributed by atoms with Crippen LogP contribution >= 0.6 is 22.7 Å². The lowest BCUT2D eigenvalue weighted by Gasteiger charge is -2.21. The Balaban J connectivity index is 1.01. The predicted molar refractivity (Wildman–Crippen MR) is 293 cm³/mol. The van der Waals surface area contributed by atoms with E-state index in [-0.39, 0.29) is 12.0 Å². The summed E-state index contributed by atoms with van der Waals surface area (Å²) in [7, 11) is 0. The fraction of sp³-hybridized carbons (Fsp3) is 0.0317. The molecule has 70 heavy (non-hydrogen) atoms. The molecule has 5 heterocycles. The number of allylic oxidation sites excluding steroid dienone is 2. The highest BCUT2D eigenvalue weighted by atomic mass is 32.1. The molecule has 0 saturated carbocycles. The lowest BCUT2D eigenvalue weighted by molar-refractivity contribution is 0.271. The van der Waals surface area contributed by atoms with Crippen LogP contribution in [0, 0.1) is 0 Å². The van der Waals surface area contributed by atoms with Gasteiger partial charge >= 0.3 is 0 Å². The molecular formula is C63H38N4OS2. The van der Waals surface area contributed by atoms with Gasteiger partial charge in [0.25, 0.3) is 0 Å². The van der Waals surface area contributed by atoms with E-state index in [9.17, 15) is 0 Å². The van der Waals surface area contributed by atoms with E-state index in [2.05, 4.69) is 223 Å². The van der Waals surface area contributed by atoms with Crippen molar-refractivity contribution in [3.8, 4) is 67.9 Å². The molecule has 1 aliphatic carbocycles. The number of hydrogen-bond acceptors (Lipinski definition) is 6. The second-order valence-corrected chi connectivity index (χ2v) is 20.4. The number of aromatic nitrogens is 4. The molecule has 0 spiro atoms. The summed E-state index contributed by atoms with van der Waals surface area (Å²) in [5.41, 5.74) is 11.6. The molecule has 328 valence electrons. The third-order valence-corrected chi connectivity index (χ3v) is 16.5. The summed E-state index contributed by atoms with van der Waals surface area (Å²) >= 11 is 3.60. The topological polar surface area (TPSA) is 52.8 Å². The van der Waals surface area contributed by atoms with E-state index in [0.717, 1.165) is 72.2 Å². The molecule has 1 aliphatic heterocycles. The molecule has 4 aromatic heterocycles. The number of hydrogen-bond donors (Lipinski definition) is 0. The van der Waals surface area contributed by atoms with Gasteiger partial charge in [-0.15, -0.1) is 22.7 Å². The fourth-order valence-electron chi connectivity index (χ4n) is 11.0. The average molecular weight is 931 g/mol. The molecule has 5 nitrogen and oxygen atoms in total. The summed E-state index contributed by atoms with van der Waals surface area (Å²) in [5.74, 6) is 3.00. The highest BCUT2D eigenvalue weighted by Gasteiger charge is 2.35. The Morgan fingerprint density at radius 3 is 1.53 bits per heavy atom. The minimum atomic E-state index is -0.0272. The maximum absolute atomic E-state index is 6.89. The summed E-state index contributed by atoms with van der Waals surface area (Å²) in [6.07, 6.45) is 8.65. The van der Waals surface area contributed by atoms with E-state index < -0.39 is 0 Å². The van der Waals surface area contributed by atoms with Crippen LogP contribution < -0.4 is 4.74 Å². The highest BCUT2D eigenvalue weighted by molar-refractivity contribution is 7.26. The number of thiophene rings is 2. The molecule has 9 aromatic carbocycles. The van der Waals surface area contributed by atoms with Crippen molar-refractivity contribution in [1.82, 2.24) is 19.5 Å². The molecule has 2 unspecified atom stereocenters.